The van der Waals surface area contributed by atoms with Gasteiger partial charge in [0, 0.05) is 36.0 Å². The predicted molar refractivity (Wildman–Crippen MR) is 125 cm³/mol. The molecule has 0 atom stereocenters. The molecule has 0 saturated carbocycles. The van der Waals surface area contributed by atoms with Crippen molar-refractivity contribution in [1.82, 2.24) is 4.98 Å². The minimum Gasteiger partial charge on any atom is -0.465 e. The lowest BCUT2D eigenvalue weighted by Crippen LogP contribution is -2.29. The third kappa shape index (κ3) is 4.37. The fourth-order valence-electron chi connectivity index (χ4n) is 4.05. The molecule has 0 spiro atoms. The number of fused-ring (bicyclic) bond motifs is 1. The Kier molecular flexibility index (Phi) is 6.54. The van der Waals surface area contributed by atoms with Crippen molar-refractivity contribution >= 4 is 39.9 Å². The maximum absolute atomic E-state index is 12.6. The van der Waals surface area contributed by atoms with E-state index >= 15 is 0 Å². The van der Waals surface area contributed by atoms with Crippen LogP contribution in [-0.2, 0) is 9.47 Å². The highest BCUT2D eigenvalue weighted by atomic mass is 16.5. The molecule has 2 heterocycles. The maximum atomic E-state index is 12.6. The zero-order valence-electron chi connectivity index (χ0n) is 18.4. The van der Waals surface area contributed by atoms with Crippen LogP contribution >= 0.6 is 0 Å². The molecule has 0 aliphatic carbocycles. The maximum Gasteiger partial charge on any atom is 0.341 e. The highest BCUT2D eigenvalue weighted by molar-refractivity contribution is 6.11. The van der Waals surface area contributed by atoms with Crippen LogP contribution in [0, 0.1) is 0 Å². The van der Waals surface area contributed by atoms with Crippen LogP contribution in [0.2, 0.25) is 0 Å². The van der Waals surface area contributed by atoms with Crippen LogP contribution in [-0.4, -0.2) is 43.7 Å². The van der Waals surface area contributed by atoms with Crippen LogP contribution < -0.4 is 10.2 Å². The Morgan fingerprint density at radius 2 is 1.75 bits per heavy atom. The summed E-state index contributed by atoms with van der Waals surface area (Å²) in [7, 11) is 1.33. The predicted octanol–water partition coefficient (Wildman–Crippen LogP) is 4.93. The summed E-state index contributed by atoms with van der Waals surface area (Å²) >= 11 is 0. The molecule has 0 radical (unpaired) electrons. The lowest BCUT2D eigenvalue weighted by molar-refractivity contribution is 0.0526. The van der Waals surface area contributed by atoms with Gasteiger partial charge in [-0.05, 0) is 56.5 Å². The van der Waals surface area contributed by atoms with Gasteiger partial charge in [-0.1, -0.05) is 12.1 Å². The lowest BCUT2D eigenvalue weighted by atomic mass is 10.0. The van der Waals surface area contributed by atoms with E-state index in [1.165, 1.54) is 38.3 Å². The summed E-state index contributed by atoms with van der Waals surface area (Å²) in [6.45, 7) is 4.16. The largest absolute Gasteiger partial charge is 0.465 e. The minimum absolute atomic E-state index is 0.253. The fraction of sp³-hybridized carbons (Fsp3) is 0.320. The van der Waals surface area contributed by atoms with Crippen molar-refractivity contribution in [3.05, 3.63) is 59.8 Å². The normalized spacial score (nSPS) is 13.6. The summed E-state index contributed by atoms with van der Waals surface area (Å²) < 4.78 is 10.1. The zero-order valence-corrected chi connectivity index (χ0v) is 18.4. The molecule has 4 rings (SSSR count). The first kappa shape index (κ1) is 21.6. The Hall–Kier alpha value is -3.61. The number of methoxy groups -OCH3 is 1. The standard InChI is InChI=1S/C25H27N3O4/c1-3-32-25(30)21-16-26-22-19(8-7-9-20(22)24(29)31-2)23(21)27-17-10-12-18(13-11-17)28-14-5-4-6-15-28/h7-13,16H,3-6,14-15H2,1-2H3,(H,26,27). The number of pyridine rings is 1. The van der Waals surface area contributed by atoms with Crippen molar-refractivity contribution in [2.45, 2.75) is 26.2 Å². The van der Waals surface area contributed by atoms with E-state index < -0.39 is 11.9 Å². The van der Waals surface area contributed by atoms with Crippen LogP contribution in [0.15, 0.2) is 48.7 Å². The number of benzene rings is 2. The van der Waals surface area contributed by atoms with Crippen molar-refractivity contribution in [1.29, 1.82) is 0 Å². The van der Waals surface area contributed by atoms with Crippen molar-refractivity contribution in [2.75, 3.05) is 37.0 Å². The van der Waals surface area contributed by atoms with Gasteiger partial charge in [0.2, 0.25) is 0 Å². The van der Waals surface area contributed by atoms with Gasteiger partial charge in [0.25, 0.3) is 0 Å². The van der Waals surface area contributed by atoms with E-state index in [4.69, 9.17) is 9.47 Å². The molecule has 2 aromatic carbocycles. The third-order valence-corrected chi connectivity index (χ3v) is 5.66. The summed E-state index contributed by atoms with van der Waals surface area (Å²) in [4.78, 5) is 31.6. The Bertz CT molecular complexity index is 1120. The highest BCUT2D eigenvalue weighted by Gasteiger charge is 2.20. The van der Waals surface area contributed by atoms with Crippen LogP contribution in [0.1, 0.15) is 46.9 Å². The number of rotatable bonds is 6. The number of esters is 2. The summed E-state index contributed by atoms with van der Waals surface area (Å²) in [6.07, 6.45) is 5.16. The van der Waals surface area contributed by atoms with Crippen LogP contribution in [0.25, 0.3) is 10.9 Å². The molecular formula is C25H27N3O4. The molecular weight excluding hydrogens is 406 g/mol. The van der Waals surface area contributed by atoms with E-state index in [2.05, 4.69) is 27.3 Å². The second kappa shape index (κ2) is 9.68. The van der Waals surface area contributed by atoms with Gasteiger partial charge in [0.1, 0.15) is 5.56 Å². The summed E-state index contributed by atoms with van der Waals surface area (Å²) in [5.41, 5.74) is 3.66. The monoisotopic (exact) mass is 433 g/mol. The molecule has 0 bridgehead atoms. The van der Waals surface area contributed by atoms with E-state index in [9.17, 15) is 9.59 Å². The first-order chi connectivity index (χ1) is 15.6. The number of anilines is 3. The molecule has 1 aliphatic heterocycles. The van der Waals surface area contributed by atoms with Crippen molar-refractivity contribution in [2.24, 2.45) is 0 Å². The Morgan fingerprint density at radius 3 is 2.44 bits per heavy atom. The number of carbonyl (C=O) groups excluding carboxylic acids is 2. The second-order valence-electron chi connectivity index (χ2n) is 7.68. The fourth-order valence-corrected chi connectivity index (χ4v) is 4.05. The molecule has 1 aromatic heterocycles. The first-order valence-electron chi connectivity index (χ1n) is 10.9. The Morgan fingerprint density at radius 1 is 1.00 bits per heavy atom. The number of para-hydroxylation sites is 1. The van der Waals surface area contributed by atoms with Gasteiger partial charge in [0.05, 0.1) is 30.5 Å². The molecule has 0 unspecified atom stereocenters. The van der Waals surface area contributed by atoms with Gasteiger partial charge in [-0.15, -0.1) is 0 Å². The van der Waals surface area contributed by atoms with E-state index in [-0.39, 0.29) is 6.61 Å². The second-order valence-corrected chi connectivity index (χ2v) is 7.68. The summed E-state index contributed by atoms with van der Waals surface area (Å²) in [5.74, 6) is -0.957. The summed E-state index contributed by atoms with van der Waals surface area (Å²) in [5, 5.41) is 4.00. The quantitative estimate of drug-likeness (QED) is 0.552. The van der Waals surface area contributed by atoms with Gasteiger partial charge in [-0.2, -0.15) is 0 Å². The number of nitrogens with zero attached hydrogens (tertiary/aromatic N) is 2. The topological polar surface area (TPSA) is 80.8 Å². The van der Waals surface area contributed by atoms with Crippen molar-refractivity contribution in [3.63, 3.8) is 0 Å². The summed E-state index contributed by atoms with van der Waals surface area (Å²) in [6, 6.07) is 13.4. The van der Waals surface area contributed by atoms with Gasteiger partial charge >= 0.3 is 11.9 Å². The van der Waals surface area contributed by atoms with Crippen LogP contribution in [0.3, 0.4) is 0 Å². The smallest absolute Gasteiger partial charge is 0.341 e. The van der Waals surface area contributed by atoms with Gasteiger partial charge in [-0.25, -0.2) is 9.59 Å². The van der Waals surface area contributed by atoms with Crippen LogP contribution in [0.5, 0.6) is 0 Å². The lowest BCUT2D eigenvalue weighted by Gasteiger charge is -2.29. The molecule has 166 valence electrons. The number of nitrogens with one attached hydrogen (secondary N) is 1. The third-order valence-electron chi connectivity index (χ3n) is 5.66. The molecule has 7 nitrogen and oxygen atoms in total. The average Bonchev–Trinajstić information content (AvgIpc) is 2.84. The Labute approximate surface area is 187 Å². The first-order valence-corrected chi connectivity index (χ1v) is 10.9. The van der Waals surface area contributed by atoms with E-state index in [0.29, 0.717) is 27.7 Å². The highest BCUT2D eigenvalue weighted by Crippen LogP contribution is 2.32. The van der Waals surface area contributed by atoms with Crippen molar-refractivity contribution in [3.8, 4) is 0 Å². The molecule has 1 fully saturated rings. The Balaban J connectivity index is 1.74. The van der Waals surface area contributed by atoms with Gasteiger partial charge < -0.3 is 19.7 Å². The molecule has 1 saturated heterocycles. The molecule has 32 heavy (non-hydrogen) atoms. The molecule has 0 amide bonds. The number of hydrogen-bond acceptors (Lipinski definition) is 7. The molecule has 1 aliphatic rings. The number of ether oxygens (including phenoxy) is 2. The van der Waals surface area contributed by atoms with E-state index in [1.807, 2.05) is 18.2 Å². The zero-order chi connectivity index (χ0) is 22.5. The van der Waals surface area contributed by atoms with Crippen molar-refractivity contribution < 1.29 is 19.1 Å². The number of piperidine rings is 1. The van der Waals surface area contributed by atoms with E-state index in [0.717, 1.165) is 18.8 Å². The molecule has 7 heteroatoms. The van der Waals surface area contributed by atoms with Crippen LogP contribution in [0.4, 0.5) is 17.1 Å². The SMILES string of the molecule is CCOC(=O)c1cnc2c(C(=O)OC)cccc2c1Nc1ccc(N2CCCCC2)cc1. The number of aromatic nitrogens is 1. The number of carbonyl (C=O) groups is 2. The number of hydrogen-bond donors (Lipinski definition) is 1. The molecule has 1 N–H and O–H groups in total. The average molecular weight is 434 g/mol. The minimum atomic E-state index is -0.483. The van der Waals surface area contributed by atoms with Gasteiger partial charge in [0.15, 0.2) is 0 Å². The van der Waals surface area contributed by atoms with Gasteiger partial charge in [-0.3, -0.25) is 4.98 Å². The van der Waals surface area contributed by atoms with E-state index in [1.54, 1.807) is 19.1 Å². The molecule has 3 aromatic rings.